The summed E-state index contributed by atoms with van der Waals surface area (Å²) < 4.78 is 0. The highest BCUT2D eigenvalue weighted by molar-refractivity contribution is 7.09. The first-order valence-electron chi connectivity index (χ1n) is 5.23. The maximum Gasteiger partial charge on any atom is 0.303 e. The summed E-state index contributed by atoms with van der Waals surface area (Å²) in [5, 5.41) is 11.6. The summed E-state index contributed by atoms with van der Waals surface area (Å²) in [7, 11) is 0. The molecule has 1 N–H and O–H groups in total. The quantitative estimate of drug-likeness (QED) is 0.813. The molecule has 0 fully saturated rings. The lowest BCUT2D eigenvalue weighted by molar-refractivity contribution is -0.137. The second-order valence-corrected chi connectivity index (χ2v) is 5.02. The molecule has 0 radical (unpaired) electrons. The highest BCUT2D eigenvalue weighted by atomic mass is 32.1. The Morgan fingerprint density at radius 3 is 2.93 bits per heavy atom. The van der Waals surface area contributed by atoms with Gasteiger partial charge in [0.15, 0.2) is 0 Å². The van der Waals surface area contributed by atoms with E-state index in [9.17, 15) is 4.79 Å². The van der Waals surface area contributed by atoms with E-state index in [4.69, 9.17) is 5.11 Å². The lowest BCUT2D eigenvalue weighted by atomic mass is 10.1. The Balaban J connectivity index is 2.36. The average molecular weight is 227 g/mol. The van der Waals surface area contributed by atoms with Gasteiger partial charge in [-0.15, -0.1) is 11.3 Å². The zero-order valence-corrected chi connectivity index (χ0v) is 10.0. The molecule has 84 valence electrons. The van der Waals surface area contributed by atoms with Gasteiger partial charge in [0.05, 0.1) is 10.7 Å². The van der Waals surface area contributed by atoms with Crippen LogP contribution in [0.25, 0.3) is 0 Å². The van der Waals surface area contributed by atoms with Gasteiger partial charge in [0.1, 0.15) is 0 Å². The summed E-state index contributed by atoms with van der Waals surface area (Å²) in [5.74, 6) is -0.104. The lowest BCUT2D eigenvalue weighted by Crippen LogP contribution is -1.97. The van der Waals surface area contributed by atoms with Crippen LogP contribution in [0.2, 0.25) is 0 Å². The second kappa shape index (κ2) is 5.85. The predicted octanol–water partition coefficient (Wildman–Crippen LogP) is 2.75. The van der Waals surface area contributed by atoms with Crippen molar-refractivity contribution in [3.63, 3.8) is 0 Å². The molecule has 0 saturated heterocycles. The molecule has 0 aliphatic carbocycles. The van der Waals surface area contributed by atoms with Crippen LogP contribution in [-0.2, 0) is 17.6 Å². The molecular weight excluding hydrogens is 210 g/mol. The van der Waals surface area contributed by atoms with Crippen molar-refractivity contribution < 1.29 is 9.90 Å². The Bertz CT molecular complexity index is 320. The van der Waals surface area contributed by atoms with Crippen LogP contribution < -0.4 is 0 Å². The topological polar surface area (TPSA) is 50.2 Å². The summed E-state index contributed by atoms with van der Waals surface area (Å²) in [6.07, 6.45) is 2.72. The van der Waals surface area contributed by atoms with Crippen molar-refractivity contribution in [1.29, 1.82) is 0 Å². The monoisotopic (exact) mass is 227 g/mol. The highest BCUT2D eigenvalue weighted by Crippen LogP contribution is 2.15. The average Bonchev–Trinajstić information content (AvgIpc) is 2.50. The van der Waals surface area contributed by atoms with E-state index >= 15 is 0 Å². The van der Waals surface area contributed by atoms with Gasteiger partial charge in [-0.3, -0.25) is 4.79 Å². The minimum absolute atomic E-state index is 0.235. The minimum atomic E-state index is -0.728. The molecule has 0 bridgehead atoms. The Morgan fingerprint density at radius 2 is 2.33 bits per heavy atom. The van der Waals surface area contributed by atoms with Crippen LogP contribution in [0, 0.1) is 5.92 Å². The fourth-order valence-corrected chi connectivity index (χ4v) is 2.22. The van der Waals surface area contributed by atoms with Crippen molar-refractivity contribution in [2.45, 2.75) is 39.5 Å². The molecule has 3 nitrogen and oxygen atoms in total. The number of thiazole rings is 1. The third kappa shape index (κ3) is 4.93. The molecule has 1 aromatic rings. The third-order valence-electron chi connectivity index (χ3n) is 2.00. The van der Waals surface area contributed by atoms with E-state index in [1.54, 1.807) is 11.3 Å². The molecule has 1 aromatic heterocycles. The summed E-state index contributed by atoms with van der Waals surface area (Å²) in [5.41, 5.74) is 1.14. The van der Waals surface area contributed by atoms with Gasteiger partial charge >= 0.3 is 5.97 Å². The van der Waals surface area contributed by atoms with Gasteiger partial charge in [-0.25, -0.2) is 4.98 Å². The van der Waals surface area contributed by atoms with E-state index in [2.05, 4.69) is 24.2 Å². The fraction of sp³-hybridized carbons (Fsp3) is 0.636. The van der Waals surface area contributed by atoms with Crippen molar-refractivity contribution in [1.82, 2.24) is 4.98 Å². The molecule has 0 amide bonds. The summed E-state index contributed by atoms with van der Waals surface area (Å²) in [6.45, 7) is 4.34. The van der Waals surface area contributed by atoms with E-state index in [1.165, 1.54) is 0 Å². The van der Waals surface area contributed by atoms with Crippen LogP contribution in [-0.4, -0.2) is 16.1 Å². The second-order valence-electron chi connectivity index (χ2n) is 4.08. The molecule has 0 spiro atoms. The van der Waals surface area contributed by atoms with E-state index in [0.29, 0.717) is 12.3 Å². The van der Waals surface area contributed by atoms with Crippen LogP contribution in [0.1, 0.15) is 37.4 Å². The van der Waals surface area contributed by atoms with Gasteiger partial charge in [-0.1, -0.05) is 13.8 Å². The first-order chi connectivity index (χ1) is 7.08. The van der Waals surface area contributed by atoms with E-state index in [-0.39, 0.29) is 6.42 Å². The van der Waals surface area contributed by atoms with Gasteiger partial charge in [-0.2, -0.15) is 0 Å². The van der Waals surface area contributed by atoms with E-state index < -0.39 is 5.97 Å². The molecule has 15 heavy (non-hydrogen) atoms. The number of aromatic nitrogens is 1. The molecule has 0 aromatic carbocycles. The summed E-state index contributed by atoms with van der Waals surface area (Å²) in [4.78, 5) is 14.8. The number of nitrogens with zero attached hydrogens (tertiary/aromatic N) is 1. The number of hydrogen-bond donors (Lipinski definition) is 1. The van der Waals surface area contributed by atoms with Crippen molar-refractivity contribution in [2.24, 2.45) is 5.92 Å². The fourth-order valence-electron chi connectivity index (χ4n) is 1.37. The number of hydrogen-bond acceptors (Lipinski definition) is 3. The smallest absolute Gasteiger partial charge is 0.303 e. The Kier molecular flexibility index (Phi) is 4.75. The Hall–Kier alpha value is -0.900. The van der Waals surface area contributed by atoms with Gasteiger partial charge in [0.2, 0.25) is 0 Å². The molecule has 0 aliphatic rings. The number of aryl methyl sites for hydroxylation is 1. The zero-order chi connectivity index (χ0) is 11.3. The maximum atomic E-state index is 10.3. The van der Waals surface area contributed by atoms with Crippen LogP contribution in [0.5, 0.6) is 0 Å². The van der Waals surface area contributed by atoms with Crippen LogP contribution in [0.15, 0.2) is 5.38 Å². The molecule has 0 saturated carbocycles. The standard InChI is InChI=1S/C11H17NO2S/c1-8(2)6-9-7-15-10(12-9)4-3-5-11(13)14/h7-8H,3-6H2,1-2H3,(H,13,14). The van der Waals surface area contributed by atoms with Gasteiger partial charge in [0, 0.05) is 11.8 Å². The van der Waals surface area contributed by atoms with Crippen LogP contribution in [0.4, 0.5) is 0 Å². The van der Waals surface area contributed by atoms with Crippen molar-refractivity contribution >= 4 is 17.3 Å². The summed E-state index contributed by atoms with van der Waals surface area (Å²) >= 11 is 1.64. The minimum Gasteiger partial charge on any atom is -0.481 e. The SMILES string of the molecule is CC(C)Cc1csc(CCCC(=O)O)n1. The van der Waals surface area contributed by atoms with Crippen LogP contribution >= 0.6 is 11.3 Å². The van der Waals surface area contributed by atoms with Crippen LogP contribution in [0.3, 0.4) is 0 Å². The molecule has 0 atom stereocenters. The normalized spacial score (nSPS) is 10.9. The molecule has 0 unspecified atom stereocenters. The van der Waals surface area contributed by atoms with Gasteiger partial charge in [-0.05, 0) is 25.2 Å². The first-order valence-corrected chi connectivity index (χ1v) is 6.11. The van der Waals surface area contributed by atoms with E-state index in [1.807, 2.05) is 0 Å². The lowest BCUT2D eigenvalue weighted by Gasteiger charge is -1.99. The number of carboxylic acids is 1. The maximum absolute atomic E-state index is 10.3. The summed E-state index contributed by atoms with van der Waals surface area (Å²) in [6, 6.07) is 0. The first kappa shape index (κ1) is 12.2. The molecule has 0 aliphatic heterocycles. The molecular formula is C11H17NO2S. The Morgan fingerprint density at radius 1 is 1.60 bits per heavy atom. The molecule has 1 rings (SSSR count). The van der Waals surface area contributed by atoms with Crippen molar-refractivity contribution in [3.8, 4) is 0 Å². The van der Waals surface area contributed by atoms with Crippen molar-refractivity contribution in [3.05, 3.63) is 16.1 Å². The highest BCUT2D eigenvalue weighted by Gasteiger charge is 2.05. The molecule has 4 heteroatoms. The number of carboxylic acid groups (broad SMARTS) is 1. The van der Waals surface area contributed by atoms with E-state index in [0.717, 1.165) is 23.5 Å². The van der Waals surface area contributed by atoms with Gasteiger partial charge in [0.25, 0.3) is 0 Å². The molecule has 1 heterocycles. The number of rotatable bonds is 6. The van der Waals surface area contributed by atoms with Gasteiger partial charge < -0.3 is 5.11 Å². The zero-order valence-electron chi connectivity index (χ0n) is 9.19. The number of carbonyl (C=O) groups is 1. The third-order valence-corrected chi connectivity index (χ3v) is 2.96. The Labute approximate surface area is 94.2 Å². The van der Waals surface area contributed by atoms with Crippen molar-refractivity contribution in [2.75, 3.05) is 0 Å². The number of aliphatic carboxylic acids is 1. The predicted molar refractivity (Wildman–Crippen MR) is 61.2 cm³/mol. The largest absolute Gasteiger partial charge is 0.481 e.